The molecule has 2 heterocycles. The van der Waals surface area contributed by atoms with Crippen LogP contribution in [0.15, 0.2) is 82.9 Å². The van der Waals surface area contributed by atoms with Gasteiger partial charge in [-0.2, -0.15) is 0 Å². The minimum absolute atomic E-state index is 0.704. The largest absolute Gasteiger partial charge is 0.496 e. The molecule has 244 valence electrons. The summed E-state index contributed by atoms with van der Waals surface area (Å²) in [4.78, 5) is 6.83. The molecule has 47 heavy (non-hydrogen) atoms. The highest BCUT2D eigenvalue weighted by Crippen LogP contribution is 2.38. The van der Waals surface area contributed by atoms with Crippen molar-refractivity contribution in [2.24, 2.45) is 0 Å². The van der Waals surface area contributed by atoms with Crippen molar-refractivity contribution in [1.29, 1.82) is 0 Å². The summed E-state index contributed by atoms with van der Waals surface area (Å²) in [5.74, 6) is 4.66. The highest BCUT2D eigenvalue weighted by atomic mass is 32.2. The quantitative estimate of drug-likeness (QED) is 0.152. The van der Waals surface area contributed by atoms with E-state index in [4.69, 9.17) is 28.4 Å². The average Bonchev–Trinajstić information content (AvgIpc) is 3.10. The number of hydrogen-bond acceptors (Lipinski definition) is 9. The Morgan fingerprint density at radius 1 is 0.489 bits per heavy atom. The van der Waals surface area contributed by atoms with Gasteiger partial charge in [0.2, 0.25) is 0 Å². The van der Waals surface area contributed by atoms with Gasteiger partial charge in [-0.15, -0.1) is 0 Å². The number of fused-ring (bicyclic) bond motifs is 2. The van der Waals surface area contributed by atoms with Gasteiger partial charge in [0, 0.05) is 59.5 Å². The maximum atomic E-state index is 5.77. The number of hydrogen-bond donors (Lipinski definition) is 0. The van der Waals surface area contributed by atoms with Gasteiger partial charge in [0.15, 0.2) is 23.0 Å². The van der Waals surface area contributed by atoms with Crippen molar-refractivity contribution in [2.45, 2.75) is 36.0 Å². The number of benzene rings is 4. The second-order valence-electron chi connectivity index (χ2n) is 11.3. The molecule has 0 saturated heterocycles. The fraction of sp³-hybridized carbons (Fsp3) is 0.263. The second-order valence-corrected chi connectivity index (χ2v) is 12.4. The molecular weight excluding hydrogens is 612 g/mol. The molecule has 2 aliphatic heterocycles. The van der Waals surface area contributed by atoms with Crippen LogP contribution in [0.5, 0.6) is 34.5 Å². The van der Waals surface area contributed by atoms with Crippen LogP contribution in [-0.2, 0) is 26.2 Å². The molecule has 6 rings (SSSR count). The SMILES string of the molecule is COc1ccc(Sc2ccc(OC)c(CN3C=Cc4cc(OC)c(OC)cc4C3)c2)cc1CN1C=Cc2cc(OC)c(OC)cc2C1. The maximum absolute atomic E-state index is 5.77. The van der Waals surface area contributed by atoms with Crippen LogP contribution in [0, 0.1) is 0 Å². The van der Waals surface area contributed by atoms with Gasteiger partial charge >= 0.3 is 0 Å². The lowest BCUT2D eigenvalue weighted by Gasteiger charge is -2.27. The lowest BCUT2D eigenvalue weighted by Crippen LogP contribution is -2.20. The van der Waals surface area contributed by atoms with E-state index < -0.39 is 0 Å². The molecule has 8 nitrogen and oxygen atoms in total. The predicted octanol–water partition coefficient (Wildman–Crippen LogP) is 7.86. The zero-order valence-corrected chi connectivity index (χ0v) is 28.5. The van der Waals surface area contributed by atoms with Crippen molar-refractivity contribution in [2.75, 3.05) is 42.7 Å². The summed E-state index contributed by atoms with van der Waals surface area (Å²) >= 11 is 1.73. The topological polar surface area (TPSA) is 61.9 Å². The first kappa shape index (κ1) is 32.1. The van der Waals surface area contributed by atoms with Crippen molar-refractivity contribution in [3.05, 3.63) is 106 Å². The van der Waals surface area contributed by atoms with Crippen LogP contribution >= 0.6 is 11.8 Å². The molecule has 4 aromatic carbocycles. The summed E-state index contributed by atoms with van der Waals surface area (Å²) in [7, 11) is 10.1. The monoisotopic (exact) mass is 652 g/mol. The molecule has 0 amide bonds. The Bertz CT molecular complexity index is 1690. The number of methoxy groups -OCH3 is 6. The minimum atomic E-state index is 0.704. The Labute approximate surface area is 281 Å². The van der Waals surface area contributed by atoms with Gasteiger partial charge in [0.1, 0.15) is 11.5 Å². The third-order valence-electron chi connectivity index (χ3n) is 8.45. The second kappa shape index (κ2) is 14.3. The summed E-state index contributed by atoms with van der Waals surface area (Å²) in [5.41, 5.74) is 6.87. The smallest absolute Gasteiger partial charge is 0.161 e. The van der Waals surface area contributed by atoms with Gasteiger partial charge in [-0.25, -0.2) is 0 Å². The van der Waals surface area contributed by atoms with E-state index in [-0.39, 0.29) is 0 Å². The fourth-order valence-electron chi connectivity index (χ4n) is 6.05. The molecule has 0 saturated carbocycles. The molecule has 0 aliphatic carbocycles. The standard InChI is InChI=1S/C38H40N2O6S/c1-41-33-9-7-31(15-29(33)23-39-13-11-25-17-35(43-3)37(45-5)19-27(25)21-39)47-32-8-10-34(42-2)30(16-32)24-40-14-12-26-18-36(44-4)38(46-6)20-28(26)22-40/h7-20H,21-24H2,1-6H3. The van der Waals surface area contributed by atoms with Crippen LogP contribution < -0.4 is 28.4 Å². The van der Waals surface area contributed by atoms with E-state index in [0.29, 0.717) is 13.1 Å². The van der Waals surface area contributed by atoms with E-state index in [1.165, 1.54) is 11.1 Å². The van der Waals surface area contributed by atoms with Crippen LogP contribution in [0.1, 0.15) is 33.4 Å². The van der Waals surface area contributed by atoms with Gasteiger partial charge in [-0.1, -0.05) is 11.8 Å². The molecular formula is C38H40N2O6S. The van der Waals surface area contributed by atoms with E-state index in [1.54, 1.807) is 54.4 Å². The van der Waals surface area contributed by atoms with E-state index in [0.717, 1.165) is 79.6 Å². The van der Waals surface area contributed by atoms with Gasteiger partial charge in [-0.05, 0) is 95.1 Å². The summed E-state index contributed by atoms with van der Waals surface area (Å²) in [5, 5.41) is 0. The molecule has 9 heteroatoms. The number of ether oxygens (including phenoxy) is 6. The molecule has 4 aromatic rings. The molecule has 0 radical (unpaired) electrons. The zero-order valence-electron chi connectivity index (χ0n) is 27.7. The number of rotatable bonds is 12. The normalized spacial score (nSPS) is 13.1. The molecule has 0 spiro atoms. The van der Waals surface area contributed by atoms with Gasteiger partial charge < -0.3 is 38.2 Å². The highest BCUT2D eigenvalue weighted by molar-refractivity contribution is 7.99. The third-order valence-corrected chi connectivity index (χ3v) is 9.43. The van der Waals surface area contributed by atoms with Crippen molar-refractivity contribution >= 4 is 23.9 Å². The first-order valence-corrected chi connectivity index (χ1v) is 16.1. The van der Waals surface area contributed by atoms with Crippen molar-refractivity contribution in [3.8, 4) is 34.5 Å². The lowest BCUT2D eigenvalue weighted by atomic mass is 10.0. The van der Waals surface area contributed by atoms with Crippen LogP contribution in [0.2, 0.25) is 0 Å². The highest BCUT2D eigenvalue weighted by Gasteiger charge is 2.19. The Kier molecular flexibility index (Phi) is 9.73. The fourth-order valence-corrected chi connectivity index (χ4v) is 6.99. The molecule has 0 unspecified atom stereocenters. The molecule has 0 N–H and O–H groups in total. The minimum Gasteiger partial charge on any atom is -0.496 e. The maximum Gasteiger partial charge on any atom is 0.161 e. The van der Waals surface area contributed by atoms with Crippen molar-refractivity contribution < 1.29 is 28.4 Å². The summed E-state index contributed by atoms with van der Waals surface area (Å²) in [6, 6.07) is 20.9. The average molecular weight is 653 g/mol. The Morgan fingerprint density at radius 2 is 0.872 bits per heavy atom. The first-order valence-electron chi connectivity index (χ1n) is 15.3. The Balaban J connectivity index is 1.18. The van der Waals surface area contributed by atoms with Crippen molar-refractivity contribution in [3.63, 3.8) is 0 Å². The molecule has 2 aliphatic rings. The summed E-state index contributed by atoms with van der Waals surface area (Å²) < 4.78 is 33.6. The molecule has 0 bridgehead atoms. The Morgan fingerprint density at radius 3 is 1.26 bits per heavy atom. The van der Waals surface area contributed by atoms with E-state index in [9.17, 15) is 0 Å². The molecule has 0 atom stereocenters. The van der Waals surface area contributed by atoms with E-state index in [2.05, 4.69) is 82.9 Å². The summed E-state index contributed by atoms with van der Waals surface area (Å²) in [6.45, 7) is 2.92. The molecule has 0 aromatic heterocycles. The van der Waals surface area contributed by atoms with E-state index >= 15 is 0 Å². The zero-order chi connectivity index (χ0) is 32.9. The van der Waals surface area contributed by atoms with Crippen LogP contribution in [0.25, 0.3) is 12.2 Å². The van der Waals surface area contributed by atoms with Gasteiger partial charge in [0.25, 0.3) is 0 Å². The Hall–Kier alpha value is -4.89. The van der Waals surface area contributed by atoms with E-state index in [1.807, 2.05) is 12.1 Å². The predicted molar refractivity (Wildman–Crippen MR) is 186 cm³/mol. The first-order chi connectivity index (χ1) is 22.9. The summed E-state index contributed by atoms with van der Waals surface area (Å²) in [6.07, 6.45) is 8.50. The van der Waals surface area contributed by atoms with Crippen molar-refractivity contribution in [1.82, 2.24) is 9.80 Å². The van der Waals surface area contributed by atoms with Gasteiger partial charge in [-0.3, -0.25) is 0 Å². The number of nitrogens with zero attached hydrogens (tertiary/aromatic N) is 2. The van der Waals surface area contributed by atoms with Crippen LogP contribution in [0.4, 0.5) is 0 Å². The molecule has 0 fully saturated rings. The van der Waals surface area contributed by atoms with Gasteiger partial charge in [0.05, 0.1) is 42.7 Å². The van der Waals surface area contributed by atoms with Crippen LogP contribution in [-0.4, -0.2) is 52.5 Å². The van der Waals surface area contributed by atoms with Crippen LogP contribution in [0.3, 0.4) is 0 Å². The lowest BCUT2D eigenvalue weighted by molar-refractivity contribution is 0.337. The third kappa shape index (κ3) is 6.95.